The number of carbonyl (C=O) groups is 8. The number of likely N-dealkylation sites (N-methyl/N-ethyl adjacent to an activating group) is 1. The van der Waals surface area contributed by atoms with Crippen molar-refractivity contribution < 1.29 is 43.3 Å². The van der Waals surface area contributed by atoms with E-state index in [1.165, 1.54) is 64.5 Å². The van der Waals surface area contributed by atoms with Gasteiger partial charge in [0.2, 0.25) is 23.5 Å². The number of anilines is 5. The van der Waals surface area contributed by atoms with Gasteiger partial charge in [-0.25, -0.2) is 15.0 Å². The molecule has 0 fully saturated rings. The van der Waals surface area contributed by atoms with E-state index >= 15 is 0 Å². The molecule has 0 aliphatic rings. The summed E-state index contributed by atoms with van der Waals surface area (Å²) in [5, 5.41) is 21.8. The molecule has 0 saturated carbocycles. The zero-order valence-electron chi connectivity index (χ0n) is 40.0. The molecular formula is C44H57N18O8+. The standard InChI is InChI=1S/C44H56N18O8/c1-56(2)16-14-45-34(63)11-13-48-39(65)29-19-27(22-58(29)4)50-41(67)31-20-28(23-60(31)6)51-40(66)30-18-26(21-59(30)5)49-35(64)10-9-12-47-42(68)37-52-32(24-61(37)7)55-44(70)38-53-33(25-62(38)8)54-43(69)36-46-15-17-57(36)3/h15,17-25H,9-14,16H2,1-8H3,(H,45,63)(H,47,68)(H,48,65)(H,49,64)(H,50,67)(H,51,66)(H,54,69)(H,55,70)/p+1. The second-order valence-electron chi connectivity index (χ2n) is 16.7. The second kappa shape index (κ2) is 22.3. The van der Waals surface area contributed by atoms with E-state index < -0.39 is 35.4 Å². The molecule has 0 radical (unpaired) electrons. The number of hydrogen-bond acceptors (Lipinski definition) is 11. The average molecular weight is 966 g/mol. The molecule has 0 spiro atoms. The fraction of sp³-hybridized carbons (Fsp3) is 0.341. The number of nitrogens with one attached hydrogen (secondary N) is 9. The van der Waals surface area contributed by atoms with Crippen LogP contribution in [-0.4, -0.2) is 130 Å². The summed E-state index contributed by atoms with van der Waals surface area (Å²) in [5.41, 5.74) is 1.79. The summed E-state index contributed by atoms with van der Waals surface area (Å²) in [5.74, 6) is -3.23. The molecule has 9 N–H and O–H groups in total. The molecule has 0 aliphatic carbocycles. The van der Waals surface area contributed by atoms with Gasteiger partial charge in [0.15, 0.2) is 17.5 Å². The van der Waals surface area contributed by atoms with E-state index in [0.29, 0.717) is 23.6 Å². The van der Waals surface area contributed by atoms with Gasteiger partial charge in [0.05, 0.1) is 44.2 Å². The number of nitrogens with zero attached hydrogens (tertiary/aromatic N) is 9. The van der Waals surface area contributed by atoms with Crippen LogP contribution in [0, 0.1) is 0 Å². The summed E-state index contributed by atoms with van der Waals surface area (Å²) in [6, 6.07) is 4.52. The first-order valence-corrected chi connectivity index (χ1v) is 22.0. The van der Waals surface area contributed by atoms with E-state index in [1.54, 1.807) is 71.6 Å². The number of aryl methyl sites for hydroxylation is 6. The average Bonchev–Trinajstić information content (AvgIpc) is 4.16. The van der Waals surface area contributed by atoms with Crippen molar-refractivity contribution in [2.24, 2.45) is 42.3 Å². The lowest BCUT2D eigenvalue weighted by Crippen LogP contribution is -3.06. The Labute approximate surface area is 401 Å². The molecular weight excluding hydrogens is 909 g/mol. The van der Waals surface area contributed by atoms with Crippen LogP contribution in [0.1, 0.15) is 82.6 Å². The van der Waals surface area contributed by atoms with Crippen molar-refractivity contribution in [3.8, 4) is 0 Å². The van der Waals surface area contributed by atoms with Crippen LogP contribution in [-0.2, 0) is 51.9 Å². The number of carbonyl (C=O) groups excluding carboxylic acids is 8. The highest BCUT2D eigenvalue weighted by Gasteiger charge is 2.22. The van der Waals surface area contributed by atoms with Crippen molar-refractivity contribution in [3.05, 3.63) is 96.1 Å². The molecule has 0 bridgehead atoms. The van der Waals surface area contributed by atoms with Crippen molar-refractivity contribution in [3.63, 3.8) is 0 Å². The molecule has 6 heterocycles. The first kappa shape index (κ1) is 50.6. The zero-order valence-corrected chi connectivity index (χ0v) is 40.0. The number of amides is 8. The van der Waals surface area contributed by atoms with E-state index in [2.05, 4.69) is 57.5 Å². The van der Waals surface area contributed by atoms with Crippen molar-refractivity contribution in [1.29, 1.82) is 0 Å². The summed E-state index contributed by atoms with van der Waals surface area (Å²) >= 11 is 0. The minimum absolute atomic E-state index is 0.00395. The Hall–Kier alpha value is -8.81. The van der Waals surface area contributed by atoms with E-state index in [-0.39, 0.29) is 90.4 Å². The van der Waals surface area contributed by atoms with Crippen molar-refractivity contribution in [2.75, 3.05) is 66.9 Å². The molecule has 6 rings (SSSR count). The molecule has 26 nitrogen and oxygen atoms in total. The minimum Gasteiger partial charge on any atom is -0.350 e. The van der Waals surface area contributed by atoms with Crippen molar-refractivity contribution >= 4 is 76.0 Å². The lowest BCUT2D eigenvalue weighted by atomic mass is 10.3. The van der Waals surface area contributed by atoms with Gasteiger partial charge in [0.1, 0.15) is 17.1 Å². The Morgan fingerprint density at radius 2 is 0.957 bits per heavy atom. The van der Waals surface area contributed by atoms with E-state index in [0.717, 1.165) is 6.54 Å². The monoisotopic (exact) mass is 965 g/mol. The van der Waals surface area contributed by atoms with Crippen LogP contribution in [0.2, 0.25) is 0 Å². The smallest absolute Gasteiger partial charge is 0.292 e. The molecule has 6 aromatic rings. The molecule has 0 saturated heterocycles. The fourth-order valence-corrected chi connectivity index (χ4v) is 7.04. The maximum Gasteiger partial charge on any atom is 0.292 e. The van der Waals surface area contributed by atoms with Crippen LogP contribution in [0.25, 0.3) is 0 Å². The maximum atomic E-state index is 13.3. The number of rotatable bonds is 21. The van der Waals surface area contributed by atoms with Gasteiger partial charge >= 0.3 is 0 Å². The third-order valence-corrected chi connectivity index (χ3v) is 10.6. The summed E-state index contributed by atoms with van der Waals surface area (Å²) in [6.45, 7) is 1.60. The molecule has 370 valence electrons. The number of aromatic nitrogens is 9. The highest BCUT2D eigenvalue weighted by Crippen LogP contribution is 2.20. The van der Waals surface area contributed by atoms with Crippen molar-refractivity contribution in [1.82, 2.24) is 58.3 Å². The molecule has 8 amide bonds. The number of imidazole rings is 3. The van der Waals surface area contributed by atoms with Crippen LogP contribution in [0.3, 0.4) is 0 Å². The first-order chi connectivity index (χ1) is 33.3. The quantitative estimate of drug-likeness (QED) is 0.0412. The van der Waals surface area contributed by atoms with Gasteiger partial charge in [-0.05, 0) is 24.6 Å². The summed E-state index contributed by atoms with van der Waals surface area (Å²) < 4.78 is 9.03. The third kappa shape index (κ3) is 13.0. The Kier molecular flexibility index (Phi) is 16.1. The number of quaternary nitrogens is 1. The highest BCUT2D eigenvalue weighted by atomic mass is 16.2. The van der Waals surface area contributed by atoms with Crippen LogP contribution < -0.4 is 47.4 Å². The molecule has 0 aliphatic heterocycles. The zero-order chi connectivity index (χ0) is 50.8. The predicted octanol–water partition coefficient (Wildman–Crippen LogP) is -0.559. The van der Waals surface area contributed by atoms with Gasteiger partial charge in [0, 0.05) is 112 Å². The Morgan fingerprint density at radius 3 is 1.47 bits per heavy atom. The maximum absolute atomic E-state index is 13.3. The SMILES string of the molecule is Cn1cc(NC(=O)c2cc(NC(=O)c3cc(NC(=O)CCCNC(=O)c4nc(NC(=O)c5nc(NC(=O)c6nccn6C)cn5C)cn4C)cn3C)cn2C)cc1C(=O)NCCC(=O)NCC[NH+](C)C. The molecule has 0 unspecified atom stereocenters. The Morgan fingerprint density at radius 1 is 0.471 bits per heavy atom. The third-order valence-electron chi connectivity index (χ3n) is 10.6. The Bertz CT molecular complexity index is 2940. The lowest BCUT2D eigenvalue weighted by Gasteiger charge is -2.09. The minimum atomic E-state index is -0.632. The van der Waals surface area contributed by atoms with E-state index in [9.17, 15) is 38.4 Å². The molecule has 6 aromatic heterocycles. The van der Waals surface area contributed by atoms with Gasteiger partial charge in [-0.1, -0.05) is 0 Å². The second-order valence-corrected chi connectivity index (χ2v) is 16.7. The van der Waals surface area contributed by atoms with Crippen LogP contribution in [0.15, 0.2) is 61.6 Å². The van der Waals surface area contributed by atoms with Crippen LogP contribution in [0.5, 0.6) is 0 Å². The van der Waals surface area contributed by atoms with Gasteiger partial charge in [-0.15, -0.1) is 0 Å². The van der Waals surface area contributed by atoms with Gasteiger partial charge in [-0.3, -0.25) is 38.4 Å². The Balaban J connectivity index is 0.921. The predicted molar refractivity (Wildman–Crippen MR) is 256 cm³/mol. The molecule has 70 heavy (non-hydrogen) atoms. The fourth-order valence-electron chi connectivity index (χ4n) is 7.04. The number of hydrogen-bond donors (Lipinski definition) is 9. The topological polar surface area (TPSA) is 305 Å². The lowest BCUT2D eigenvalue weighted by molar-refractivity contribution is -0.856. The van der Waals surface area contributed by atoms with Gasteiger partial charge in [-0.2, -0.15) is 0 Å². The van der Waals surface area contributed by atoms with Crippen molar-refractivity contribution in [2.45, 2.75) is 19.3 Å². The first-order valence-electron chi connectivity index (χ1n) is 22.0. The van der Waals surface area contributed by atoms with Crippen LogP contribution >= 0.6 is 0 Å². The molecule has 0 aromatic carbocycles. The van der Waals surface area contributed by atoms with E-state index in [1.807, 2.05) is 14.1 Å². The van der Waals surface area contributed by atoms with Gasteiger partial charge in [0.25, 0.3) is 35.4 Å². The van der Waals surface area contributed by atoms with E-state index in [4.69, 9.17) is 0 Å². The molecule has 0 atom stereocenters. The largest absolute Gasteiger partial charge is 0.350 e. The van der Waals surface area contributed by atoms with Gasteiger partial charge < -0.3 is 74.8 Å². The summed E-state index contributed by atoms with van der Waals surface area (Å²) in [7, 11) is 13.7. The van der Waals surface area contributed by atoms with Crippen LogP contribution in [0.4, 0.5) is 28.7 Å². The summed E-state index contributed by atoms with van der Waals surface area (Å²) in [6.07, 6.45) is 11.2. The molecule has 26 heteroatoms. The highest BCUT2D eigenvalue weighted by molar-refractivity contribution is 6.08. The normalized spacial score (nSPS) is 11.0. The summed E-state index contributed by atoms with van der Waals surface area (Å²) in [4.78, 5) is 116.